The maximum absolute atomic E-state index is 10.8. The lowest BCUT2D eigenvalue weighted by Crippen LogP contribution is -2.20. The van der Waals surface area contributed by atoms with E-state index in [-0.39, 0.29) is 5.56 Å². The van der Waals surface area contributed by atoms with Crippen LogP contribution in [0.25, 0.3) is 0 Å². The van der Waals surface area contributed by atoms with Crippen LogP contribution >= 0.6 is 0 Å². The van der Waals surface area contributed by atoms with Crippen LogP contribution in [0.5, 0.6) is 0 Å². The van der Waals surface area contributed by atoms with Crippen molar-refractivity contribution in [2.75, 3.05) is 6.61 Å². The van der Waals surface area contributed by atoms with Crippen LogP contribution in [0.3, 0.4) is 0 Å². The van der Waals surface area contributed by atoms with Gasteiger partial charge in [-0.15, -0.1) is 0 Å². The summed E-state index contributed by atoms with van der Waals surface area (Å²) in [6.07, 6.45) is 1.21. The van der Waals surface area contributed by atoms with E-state index in [4.69, 9.17) is 10.2 Å². The minimum absolute atomic E-state index is 0.0875. The number of hydrazone groups is 1. The molecule has 6 heteroatoms. The SMILES string of the molecule is O=C(CO)N/N=C\c1ccccc1C(=O)O. The Morgan fingerprint density at radius 2 is 2.06 bits per heavy atom. The lowest BCUT2D eigenvalue weighted by atomic mass is 10.1. The summed E-state index contributed by atoms with van der Waals surface area (Å²) in [5.74, 6) is -1.74. The molecular formula is C10H10N2O4. The number of nitrogens with one attached hydrogen (secondary N) is 1. The van der Waals surface area contributed by atoms with Crippen LogP contribution in [-0.2, 0) is 4.79 Å². The van der Waals surface area contributed by atoms with Gasteiger partial charge in [-0.25, -0.2) is 10.2 Å². The molecule has 1 amide bonds. The van der Waals surface area contributed by atoms with Crippen LogP contribution in [0.4, 0.5) is 0 Å². The molecule has 84 valence electrons. The van der Waals surface area contributed by atoms with Gasteiger partial charge in [-0.3, -0.25) is 4.79 Å². The molecule has 0 aliphatic heterocycles. The molecule has 6 nitrogen and oxygen atoms in total. The second-order valence-corrected chi connectivity index (χ2v) is 2.84. The molecule has 1 aromatic carbocycles. The van der Waals surface area contributed by atoms with Gasteiger partial charge in [0.1, 0.15) is 6.61 Å². The van der Waals surface area contributed by atoms with Crippen molar-refractivity contribution in [3.05, 3.63) is 35.4 Å². The smallest absolute Gasteiger partial charge is 0.336 e. The Hall–Kier alpha value is -2.21. The van der Waals surface area contributed by atoms with Crippen molar-refractivity contribution in [1.29, 1.82) is 0 Å². The van der Waals surface area contributed by atoms with Crippen molar-refractivity contribution >= 4 is 18.1 Å². The lowest BCUT2D eigenvalue weighted by Gasteiger charge is -1.99. The topological polar surface area (TPSA) is 99.0 Å². The predicted molar refractivity (Wildman–Crippen MR) is 56.2 cm³/mol. The van der Waals surface area contributed by atoms with Crippen molar-refractivity contribution in [2.45, 2.75) is 0 Å². The first-order chi connectivity index (χ1) is 7.65. The van der Waals surface area contributed by atoms with Gasteiger partial charge in [0, 0.05) is 5.56 Å². The van der Waals surface area contributed by atoms with E-state index in [0.29, 0.717) is 5.56 Å². The summed E-state index contributed by atoms with van der Waals surface area (Å²) in [6.45, 7) is -0.669. The first-order valence-electron chi connectivity index (χ1n) is 4.40. The molecule has 0 saturated heterocycles. The first kappa shape index (κ1) is 11.9. The minimum atomic E-state index is -1.07. The zero-order valence-electron chi connectivity index (χ0n) is 8.25. The van der Waals surface area contributed by atoms with Crippen LogP contribution in [0.15, 0.2) is 29.4 Å². The number of benzene rings is 1. The maximum atomic E-state index is 10.8. The molecular weight excluding hydrogens is 212 g/mol. The zero-order chi connectivity index (χ0) is 12.0. The Labute approximate surface area is 91.2 Å². The van der Waals surface area contributed by atoms with E-state index in [1.807, 2.05) is 5.43 Å². The Balaban J connectivity index is 2.80. The van der Waals surface area contributed by atoms with Crippen molar-refractivity contribution in [1.82, 2.24) is 5.43 Å². The molecule has 0 fully saturated rings. The van der Waals surface area contributed by atoms with E-state index in [1.54, 1.807) is 18.2 Å². The second kappa shape index (κ2) is 5.62. The average Bonchev–Trinajstić information content (AvgIpc) is 2.29. The van der Waals surface area contributed by atoms with Gasteiger partial charge < -0.3 is 10.2 Å². The summed E-state index contributed by atoms with van der Waals surface area (Å²) >= 11 is 0. The molecule has 0 aromatic heterocycles. The number of aliphatic hydroxyl groups is 1. The largest absolute Gasteiger partial charge is 0.478 e. The Morgan fingerprint density at radius 3 is 2.69 bits per heavy atom. The Morgan fingerprint density at radius 1 is 1.38 bits per heavy atom. The van der Waals surface area contributed by atoms with Crippen LogP contribution in [-0.4, -0.2) is 34.9 Å². The third-order valence-corrected chi connectivity index (χ3v) is 1.73. The number of hydrogen-bond acceptors (Lipinski definition) is 4. The minimum Gasteiger partial charge on any atom is -0.478 e. The highest BCUT2D eigenvalue weighted by molar-refractivity contribution is 5.98. The van der Waals surface area contributed by atoms with Gasteiger partial charge in [0.15, 0.2) is 0 Å². The van der Waals surface area contributed by atoms with Gasteiger partial charge in [0.25, 0.3) is 5.91 Å². The van der Waals surface area contributed by atoms with Crippen molar-refractivity contribution < 1.29 is 19.8 Å². The van der Waals surface area contributed by atoms with Crippen LogP contribution in [0.2, 0.25) is 0 Å². The zero-order valence-corrected chi connectivity index (χ0v) is 8.25. The van der Waals surface area contributed by atoms with Crippen LogP contribution in [0, 0.1) is 0 Å². The highest BCUT2D eigenvalue weighted by Gasteiger charge is 2.06. The summed E-state index contributed by atoms with van der Waals surface area (Å²) in [7, 11) is 0. The molecule has 1 aromatic rings. The quantitative estimate of drug-likeness (QED) is 0.486. The molecule has 0 spiro atoms. The normalized spacial score (nSPS) is 10.3. The molecule has 16 heavy (non-hydrogen) atoms. The van der Waals surface area contributed by atoms with Crippen molar-refractivity contribution in [3.8, 4) is 0 Å². The fourth-order valence-electron chi connectivity index (χ4n) is 1.01. The maximum Gasteiger partial charge on any atom is 0.336 e. The van der Waals surface area contributed by atoms with E-state index in [9.17, 15) is 9.59 Å². The second-order valence-electron chi connectivity index (χ2n) is 2.84. The Bertz CT molecular complexity index is 429. The van der Waals surface area contributed by atoms with Gasteiger partial charge >= 0.3 is 5.97 Å². The summed E-state index contributed by atoms with van der Waals surface area (Å²) in [5.41, 5.74) is 2.49. The van der Waals surface area contributed by atoms with Crippen molar-refractivity contribution in [2.24, 2.45) is 5.10 Å². The van der Waals surface area contributed by atoms with Gasteiger partial charge in [-0.05, 0) is 6.07 Å². The van der Waals surface area contributed by atoms with Crippen molar-refractivity contribution in [3.63, 3.8) is 0 Å². The molecule has 0 atom stereocenters. The molecule has 0 heterocycles. The van der Waals surface area contributed by atoms with Crippen LogP contribution in [0.1, 0.15) is 15.9 Å². The third kappa shape index (κ3) is 3.18. The molecule has 0 unspecified atom stereocenters. The molecule has 1 rings (SSSR count). The van der Waals surface area contributed by atoms with E-state index >= 15 is 0 Å². The molecule has 0 bridgehead atoms. The first-order valence-corrected chi connectivity index (χ1v) is 4.40. The predicted octanol–water partition coefficient (Wildman–Crippen LogP) is -0.173. The molecule has 0 radical (unpaired) electrons. The number of nitrogens with zero attached hydrogens (tertiary/aromatic N) is 1. The molecule has 3 N–H and O–H groups in total. The number of aromatic carboxylic acids is 1. The monoisotopic (exact) mass is 222 g/mol. The van der Waals surface area contributed by atoms with E-state index in [1.165, 1.54) is 12.3 Å². The number of amides is 1. The average molecular weight is 222 g/mol. The summed E-state index contributed by atoms with van der Waals surface area (Å²) in [4.78, 5) is 21.4. The number of hydrogen-bond donors (Lipinski definition) is 3. The number of carboxylic acids is 1. The van der Waals surface area contributed by atoms with Gasteiger partial charge in [-0.2, -0.15) is 5.10 Å². The lowest BCUT2D eigenvalue weighted by molar-refractivity contribution is -0.123. The standard InChI is InChI=1S/C10H10N2O4/c13-6-9(14)12-11-5-7-3-1-2-4-8(7)10(15)16/h1-5,13H,6H2,(H,12,14)(H,15,16)/b11-5-. The number of rotatable bonds is 4. The molecule has 0 aliphatic carbocycles. The number of aliphatic hydroxyl groups excluding tert-OH is 1. The number of carbonyl (C=O) groups excluding carboxylic acids is 1. The van der Waals surface area contributed by atoms with Gasteiger partial charge in [0.05, 0.1) is 11.8 Å². The fourth-order valence-corrected chi connectivity index (χ4v) is 1.01. The highest BCUT2D eigenvalue weighted by Crippen LogP contribution is 2.05. The third-order valence-electron chi connectivity index (χ3n) is 1.73. The molecule has 0 aliphatic rings. The highest BCUT2D eigenvalue weighted by atomic mass is 16.4. The van der Waals surface area contributed by atoms with E-state index in [0.717, 1.165) is 0 Å². The number of carboxylic acid groups (broad SMARTS) is 1. The van der Waals surface area contributed by atoms with Crippen LogP contribution < -0.4 is 5.43 Å². The summed E-state index contributed by atoms with van der Waals surface area (Å²) in [6, 6.07) is 6.23. The molecule has 0 saturated carbocycles. The van der Waals surface area contributed by atoms with E-state index in [2.05, 4.69) is 5.10 Å². The number of carbonyl (C=O) groups is 2. The fraction of sp³-hybridized carbons (Fsp3) is 0.100. The van der Waals surface area contributed by atoms with Gasteiger partial charge in [0.2, 0.25) is 0 Å². The summed E-state index contributed by atoms with van der Waals surface area (Å²) in [5, 5.41) is 20.7. The van der Waals surface area contributed by atoms with E-state index < -0.39 is 18.5 Å². The Kier molecular flexibility index (Phi) is 4.16. The van der Waals surface area contributed by atoms with Gasteiger partial charge in [-0.1, -0.05) is 18.2 Å². The summed E-state index contributed by atoms with van der Waals surface area (Å²) < 4.78 is 0.